The monoisotopic (exact) mass is 180 g/mol. The highest BCUT2D eigenvalue weighted by molar-refractivity contribution is 5.35. The molecule has 1 aromatic carbocycles. The zero-order chi connectivity index (χ0) is 9.84. The summed E-state index contributed by atoms with van der Waals surface area (Å²) in [4.78, 5) is 0. The molecule has 0 aliphatic rings. The van der Waals surface area contributed by atoms with Crippen LogP contribution in [0.15, 0.2) is 18.2 Å². The van der Waals surface area contributed by atoms with Crippen LogP contribution >= 0.6 is 0 Å². The molecule has 13 heavy (non-hydrogen) atoms. The average Bonchev–Trinajstić information content (AvgIpc) is 2.04. The molecular weight excluding hydrogens is 164 g/mol. The molecule has 2 heteroatoms. The number of phenolic OH excluding ortho intramolecular Hbond substituents is 1. The van der Waals surface area contributed by atoms with Gasteiger partial charge in [0.1, 0.15) is 5.75 Å². The van der Waals surface area contributed by atoms with E-state index in [1.54, 1.807) is 12.1 Å². The van der Waals surface area contributed by atoms with Gasteiger partial charge in [-0.05, 0) is 42.5 Å². The number of aliphatic hydroxyl groups is 1. The molecule has 0 aliphatic heterocycles. The van der Waals surface area contributed by atoms with E-state index in [9.17, 15) is 5.11 Å². The van der Waals surface area contributed by atoms with Gasteiger partial charge in [0.05, 0.1) is 0 Å². The average molecular weight is 180 g/mol. The van der Waals surface area contributed by atoms with E-state index in [1.807, 2.05) is 13.0 Å². The standard InChI is InChI=1S/C11H16O2/c1-8(5-6-12)11-4-3-10(13)7-9(11)2/h3-4,7-8,12-13H,5-6H2,1-2H3. The number of phenols is 1. The first-order valence-corrected chi connectivity index (χ1v) is 4.55. The van der Waals surface area contributed by atoms with Crippen molar-refractivity contribution in [3.8, 4) is 5.75 Å². The molecule has 72 valence electrons. The first-order chi connectivity index (χ1) is 6.15. The van der Waals surface area contributed by atoms with E-state index in [0.29, 0.717) is 11.7 Å². The lowest BCUT2D eigenvalue weighted by molar-refractivity contribution is 0.278. The minimum Gasteiger partial charge on any atom is -0.508 e. The lowest BCUT2D eigenvalue weighted by atomic mass is 9.94. The summed E-state index contributed by atoms with van der Waals surface area (Å²) in [6.07, 6.45) is 0.769. The molecule has 0 saturated carbocycles. The van der Waals surface area contributed by atoms with Gasteiger partial charge in [0.25, 0.3) is 0 Å². The molecule has 0 fully saturated rings. The second kappa shape index (κ2) is 4.28. The van der Waals surface area contributed by atoms with Crippen LogP contribution in [-0.2, 0) is 0 Å². The van der Waals surface area contributed by atoms with Crippen molar-refractivity contribution >= 4 is 0 Å². The highest BCUT2D eigenvalue weighted by Crippen LogP contribution is 2.24. The predicted molar refractivity (Wildman–Crippen MR) is 53.0 cm³/mol. The molecule has 0 spiro atoms. The SMILES string of the molecule is Cc1cc(O)ccc1C(C)CCO. The zero-order valence-corrected chi connectivity index (χ0v) is 8.12. The van der Waals surface area contributed by atoms with Crippen LogP contribution < -0.4 is 0 Å². The van der Waals surface area contributed by atoms with Gasteiger partial charge in [0.2, 0.25) is 0 Å². The summed E-state index contributed by atoms with van der Waals surface area (Å²) in [5.74, 6) is 0.656. The lowest BCUT2D eigenvalue weighted by Crippen LogP contribution is -1.98. The predicted octanol–water partition coefficient (Wildman–Crippen LogP) is 2.19. The molecule has 1 aromatic rings. The van der Waals surface area contributed by atoms with Crippen LogP contribution in [0.5, 0.6) is 5.75 Å². The van der Waals surface area contributed by atoms with Gasteiger partial charge in [-0.3, -0.25) is 0 Å². The van der Waals surface area contributed by atoms with E-state index in [-0.39, 0.29) is 6.61 Å². The van der Waals surface area contributed by atoms with Crippen molar-refractivity contribution < 1.29 is 10.2 Å². The summed E-state index contributed by atoms with van der Waals surface area (Å²) in [7, 11) is 0. The van der Waals surface area contributed by atoms with Crippen molar-refractivity contribution in [2.75, 3.05) is 6.61 Å². The van der Waals surface area contributed by atoms with Gasteiger partial charge >= 0.3 is 0 Å². The molecule has 0 heterocycles. The van der Waals surface area contributed by atoms with Crippen molar-refractivity contribution in [2.24, 2.45) is 0 Å². The molecule has 0 bridgehead atoms. The smallest absolute Gasteiger partial charge is 0.115 e. The van der Waals surface area contributed by atoms with Gasteiger partial charge in [0.15, 0.2) is 0 Å². The Morgan fingerprint density at radius 2 is 2.08 bits per heavy atom. The molecular formula is C11H16O2. The Morgan fingerprint density at radius 1 is 1.38 bits per heavy atom. The Hall–Kier alpha value is -1.02. The number of rotatable bonds is 3. The summed E-state index contributed by atoms with van der Waals surface area (Å²) < 4.78 is 0. The first-order valence-electron chi connectivity index (χ1n) is 4.55. The van der Waals surface area contributed by atoms with Gasteiger partial charge in [-0.15, -0.1) is 0 Å². The van der Waals surface area contributed by atoms with Crippen LogP contribution in [0.1, 0.15) is 30.4 Å². The van der Waals surface area contributed by atoms with E-state index in [2.05, 4.69) is 6.92 Å². The summed E-state index contributed by atoms with van der Waals surface area (Å²) in [5.41, 5.74) is 2.28. The van der Waals surface area contributed by atoms with Gasteiger partial charge in [-0.2, -0.15) is 0 Å². The Balaban J connectivity index is 2.88. The number of hydrogen-bond donors (Lipinski definition) is 2. The molecule has 0 radical (unpaired) electrons. The van der Waals surface area contributed by atoms with E-state index in [1.165, 1.54) is 5.56 Å². The normalized spacial score (nSPS) is 12.8. The number of aliphatic hydroxyl groups excluding tert-OH is 1. The molecule has 0 aromatic heterocycles. The minimum atomic E-state index is 0.210. The van der Waals surface area contributed by atoms with E-state index in [4.69, 9.17) is 5.11 Å². The highest BCUT2D eigenvalue weighted by Gasteiger charge is 2.07. The summed E-state index contributed by atoms with van der Waals surface area (Å²) in [6, 6.07) is 5.37. The third kappa shape index (κ3) is 2.46. The van der Waals surface area contributed by atoms with Crippen molar-refractivity contribution in [1.29, 1.82) is 0 Å². The molecule has 1 atom stereocenters. The van der Waals surface area contributed by atoms with E-state index >= 15 is 0 Å². The second-order valence-electron chi connectivity index (χ2n) is 3.45. The molecule has 0 aliphatic carbocycles. The molecule has 2 nitrogen and oxygen atoms in total. The maximum absolute atomic E-state index is 9.20. The van der Waals surface area contributed by atoms with Gasteiger partial charge < -0.3 is 10.2 Å². The summed E-state index contributed by atoms with van der Waals surface area (Å²) in [6.45, 7) is 4.26. The fourth-order valence-corrected chi connectivity index (χ4v) is 1.56. The number of hydrogen-bond acceptors (Lipinski definition) is 2. The van der Waals surface area contributed by atoms with Gasteiger partial charge in [0, 0.05) is 6.61 Å². The van der Waals surface area contributed by atoms with Crippen LogP contribution in [0, 0.1) is 6.92 Å². The van der Waals surface area contributed by atoms with Gasteiger partial charge in [-0.1, -0.05) is 13.0 Å². The maximum Gasteiger partial charge on any atom is 0.115 e. The highest BCUT2D eigenvalue weighted by atomic mass is 16.3. The van der Waals surface area contributed by atoms with Crippen molar-refractivity contribution in [3.05, 3.63) is 29.3 Å². The minimum absolute atomic E-state index is 0.210. The fraction of sp³-hybridized carbons (Fsp3) is 0.455. The van der Waals surface area contributed by atoms with Crippen LogP contribution in [-0.4, -0.2) is 16.8 Å². The fourth-order valence-electron chi connectivity index (χ4n) is 1.56. The second-order valence-corrected chi connectivity index (χ2v) is 3.45. The van der Waals surface area contributed by atoms with Crippen LogP contribution in [0.3, 0.4) is 0 Å². The third-order valence-corrected chi connectivity index (χ3v) is 2.35. The van der Waals surface area contributed by atoms with Crippen molar-refractivity contribution in [2.45, 2.75) is 26.2 Å². The van der Waals surface area contributed by atoms with Crippen molar-refractivity contribution in [1.82, 2.24) is 0 Å². The lowest BCUT2D eigenvalue weighted by Gasteiger charge is -2.13. The van der Waals surface area contributed by atoms with Crippen LogP contribution in [0.25, 0.3) is 0 Å². The van der Waals surface area contributed by atoms with Crippen molar-refractivity contribution in [3.63, 3.8) is 0 Å². The topological polar surface area (TPSA) is 40.5 Å². The Labute approximate surface area is 78.8 Å². The Bertz CT molecular complexity index is 281. The van der Waals surface area contributed by atoms with E-state index < -0.39 is 0 Å². The first kappa shape index (κ1) is 10.1. The zero-order valence-electron chi connectivity index (χ0n) is 8.12. The Morgan fingerprint density at radius 3 is 2.62 bits per heavy atom. The Kier molecular flexibility index (Phi) is 3.32. The molecule has 1 unspecified atom stereocenters. The van der Waals surface area contributed by atoms with Crippen LogP contribution in [0.4, 0.5) is 0 Å². The maximum atomic E-state index is 9.20. The number of aromatic hydroxyl groups is 1. The number of benzene rings is 1. The molecule has 0 saturated heterocycles. The van der Waals surface area contributed by atoms with Crippen LogP contribution in [0.2, 0.25) is 0 Å². The largest absolute Gasteiger partial charge is 0.508 e. The quantitative estimate of drug-likeness (QED) is 0.748. The number of aryl methyl sites for hydroxylation is 1. The molecule has 0 amide bonds. The third-order valence-electron chi connectivity index (χ3n) is 2.35. The van der Waals surface area contributed by atoms with E-state index in [0.717, 1.165) is 12.0 Å². The van der Waals surface area contributed by atoms with Gasteiger partial charge in [-0.25, -0.2) is 0 Å². The molecule has 2 N–H and O–H groups in total. The molecule has 1 rings (SSSR count). The summed E-state index contributed by atoms with van der Waals surface area (Å²) in [5, 5.41) is 18.0. The summed E-state index contributed by atoms with van der Waals surface area (Å²) >= 11 is 0.